The van der Waals surface area contributed by atoms with E-state index < -0.39 is 0 Å². The third-order valence-electron chi connectivity index (χ3n) is 2.12. The number of hydrogen-bond acceptors (Lipinski definition) is 3. The van der Waals surface area contributed by atoms with Crippen molar-refractivity contribution >= 4 is 34.8 Å². The molecule has 0 aliphatic rings. The van der Waals surface area contributed by atoms with Crippen LogP contribution in [-0.2, 0) is 6.42 Å². The molecule has 0 atom stereocenters. The fourth-order valence-electron chi connectivity index (χ4n) is 1.34. The Kier molecular flexibility index (Phi) is 4.64. The lowest BCUT2D eigenvalue weighted by molar-refractivity contribution is 0.319. The van der Waals surface area contributed by atoms with Crippen LogP contribution in [0.4, 0.5) is 0 Å². The zero-order valence-corrected chi connectivity index (χ0v) is 11.5. The van der Waals surface area contributed by atoms with Gasteiger partial charge in [-0.1, -0.05) is 34.8 Å². The van der Waals surface area contributed by atoms with Crippen molar-refractivity contribution in [2.24, 2.45) is 0 Å². The first-order chi connectivity index (χ1) is 8.63. The molecule has 0 aliphatic heterocycles. The molecule has 0 amide bonds. The van der Waals surface area contributed by atoms with Crippen LogP contribution in [0.5, 0.6) is 5.75 Å². The Morgan fingerprint density at radius 3 is 2.17 bits per heavy atom. The number of benzene rings is 1. The van der Waals surface area contributed by atoms with Crippen molar-refractivity contribution in [3.8, 4) is 5.75 Å². The van der Waals surface area contributed by atoms with E-state index in [-0.39, 0.29) is 0 Å². The fraction of sp³-hybridized carbons (Fsp3) is 0.167. The third-order valence-corrected chi connectivity index (χ3v) is 2.76. The molecule has 18 heavy (non-hydrogen) atoms. The molecule has 0 saturated heterocycles. The number of aromatic nitrogens is 2. The second kappa shape index (κ2) is 6.23. The number of halogens is 3. The second-order valence-corrected chi connectivity index (χ2v) is 4.69. The van der Waals surface area contributed by atoms with Gasteiger partial charge < -0.3 is 4.74 Å². The largest absolute Gasteiger partial charge is 0.493 e. The molecule has 0 saturated carbocycles. The van der Waals surface area contributed by atoms with E-state index in [0.29, 0.717) is 34.2 Å². The molecule has 2 rings (SSSR count). The first-order valence-electron chi connectivity index (χ1n) is 5.21. The molecule has 0 unspecified atom stereocenters. The van der Waals surface area contributed by atoms with Crippen LogP contribution in [0, 0.1) is 0 Å². The van der Waals surface area contributed by atoms with Crippen molar-refractivity contribution in [3.63, 3.8) is 0 Å². The summed E-state index contributed by atoms with van der Waals surface area (Å²) in [5.74, 6) is 1.30. The van der Waals surface area contributed by atoms with E-state index in [0.717, 1.165) is 5.75 Å². The first kappa shape index (κ1) is 13.4. The van der Waals surface area contributed by atoms with Crippen LogP contribution in [0.2, 0.25) is 15.3 Å². The Labute approximate surface area is 120 Å². The average Bonchev–Trinajstić information content (AvgIpc) is 2.30. The second-order valence-electron chi connectivity index (χ2n) is 3.48. The van der Waals surface area contributed by atoms with Gasteiger partial charge in [-0.25, -0.2) is 9.97 Å². The van der Waals surface area contributed by atoms with Crippen LogP contribution in [0.15, 0.2) is 30.3 Å². The highest BCUT2D eigenvalue weighted by atomic mass is 35.5. The third kappa shape index (κ3) is 4.02. The van der Waals surface area contributed by atoms with Crippen LogP contribution < -0.4 is 4.74 Å². The Balaban J connectivity index is 1.90. The van der Waals surface area contributed by atoms with Gasteiger partial charge in [0.1, 0.15) is 21.9 Å². The number of hydrogen-bond donors (Lipinski definition) is 0. The summed E-state index contributed by atoms with van der Waals surface area (Å²) >= 11 is 17.3. The zero-order chi connectivity index (χ0) is 13.0. The van der Waals surface area contributed by atoms with Gasteiger partial charge in [-0.2, -0.15) is 0 Å². The van der Waals surface area contributed by atoms with Crippen molar-refractivity contribution in [3.05, 3.63) is 51.5 Å². The van der Waals surface area contributed by atoms with Crippen molar-refractivity contribution in [1.29, 1.82) is 0 Å². The van der Waals surface area contributed by atoms with Gasteiger partial charge in [-0.3, -0.25) is 0 Å². The van der Waals surface area contributed by atoms with E-state index >= 15 is 0 Å². The Morgan fingerprint density at radius 2 is 1.56 bits per heavy atom. The van der Waals surface area contributed by atoms with Gasteiger partial charge in [0.05, 0.1) is 6.61 Å². The van der Waals surface area contributed by atoms with E-state index in [1.165, 1.54) is 6.07 Å². The Morgan fingerprint density at radius 1 is 0.944 bits per heavy atom. The monoisotopic (exact) mass is 302 g/mol. The number of ether oxygens (including phenoxy) is 1. The van der Waals surface area contributed by atoms with Gasteiger partial charge in [0.25, 0.3) is 0 Å². The van der Waals surface area contributed by atoms with Crippen LogP contribution >= 0.6 is 34.8 Å². The van der Waals surface area contributed by atoms with Crippen LogP contribution in [0.25, 0.3) is 0 Å². The van der Waals surface area contributed by atoms with E-state index in [2.05, 4.69) is 9.97 Å². The molecule has 3 nitrogen and oxygen atoms in total. The van der Waals surface area contributed by atoms with Gasteiger partial charge in [0, 0.05) is 17.5 Å². The molecule has 2 aromatic rings. The summed E-state index contributed by atoms with van der Waals surface area (Å²) in [7, 11) is 0. The Hall–Kier alpha value is -1.03. The van der Waals surface area contributed by atoms with E-state index in [9.17, 15) is 0 Å². The maximum absolute atomic E-state index is 5.77. The lowest BCUT2D eigenvalue weighted by atomic mass is 10.3. The Bertz CT molecular complexity index is 511. The molecule has 0 fully saturated rings. The van der Waals surface area contributed by atoms with E-state index in [4.69, 9.17) is 39.5 Å². The summed E-state index contributed by atoms with van der Waals surface area (Å²) in [5, 5.41) is 1.33. The topological polar surface area (TPSA) is 35.0 Å². The maximum atomic E-state index is 5.77. The van der Waals surface area contributed by atoms with Gasteiger partial charge in [0.15, 0.2) is 0 Å². The molecule has 1 heterocycles. The average molecular weight is 304 g/mol. The normalized spacial score (nSPS) is 10.4. The van der Waals surface area contributed by atoms with Crippen molar-refractivity contribution in [1.82, 2.24) is 9.97 Å². The summed E-state index contributed by atoms with van der Waals surface area (Å²) < 4.78 is 5.52. The van der Waals surface area contributed by atoms with Crippen LogP contribution in [0.1, 0.15) is 5.82 Å². The maximum Gasteiger partial charge on any atom is 0.135 e. The lowest BCUT2D eigenvalue weighted by Gasteiger charge is -2.05. The summed E-state index contributed by atoms with van der Waals surface area (Å²) in [5.41, 5.74) is 0. The summed E-state index contributed by atoms with van der Waals surface area (Å²) in [6, 6.07) is 8.63. The van der Waals surface area contributed by atoms with E-state index in [1.54, 1.807) is 24.3 Å². The SMILES string of the molecule is Clc1ccc(OCCc2nc(Cl)cc(Cl)n2)cc1. The summed E-state index contributed by atoms with van der Waals surface area (Å²) in [6.45, 7) is 0.443. The molecular weight excluding hydrogens is 295 g/mol. The predicted octanol–water partition coefficient (Wildman–Crippen LogP) is 4.06. The molecule has 1 aromatic carbocycles. The standard InChI is InChI=1S/C12H9Cl3N2O/c13-8-1-3-9(4-2-8)18-6-5-12-16-10(14)7-11(15)17-12/h1-4,7H,5-6H2. The molecule has 1 aromatic heterocycles. The highest BCUT2D eigenvalue weighted by Crippen LogP contribution is 2.16. The van der Waals surface area contributed by atoms with Crippen molar-refractivity contribution in [2.45, 2.75) is 6.42 Å². The minimum absolute atomic E-state index is 0.330. The highest BCUT2D eigenvalue weighted by Gasteiger charge is 2.02. The first-order valence-corrected chi connectivity index (χ1v) is 6.34. The number of nitrogens with zero attached hydrogens (tertiary/aromatic N) is 2. The van der Waals surface area contributed by atoms with Gasteiger partial charge in [-0.05, 0) is 24.3 Å². The molecule has 94 valence electrons. The highest BCUT2D eigenvalue weighted by molar-refractivity contribution is 6.33. The molecule has 0 radical (unpaired) electrons. The number of rotatable bonds is 4. The van der Waals surface area contributed by atoms with Crippen LogP contribution in [0.3, 0.4) is 0 Å². The predicted molar refractivity (Wildman–Crippen MR) is 72.7 cm³/mol. The molecule has 0 aliphatic carbocycles. The molecule has 0 spiro atoms. The van der Waals surface area contributed by atoms with Crippen molar-refractivity contribution < 1.29 is 4.74 Å². The minimum atomic E-state index is 0.330. The summed E-state index contributed by atoms with van der Waals surface area (Å²) in [6.07, 6.45) is 0.531. The summed E-state index contributed by atoms with van der Waals surface area (Å²) in [4.78, 5) is 8.10. The molecule has 6 heteroatoms. The van der Waals surface area contributed by atoms with Gasteiger partial charge in [-0.15, -0.1) is 0 Å². The van der Waals surface area contributed by atoms with Gasteiger partial charge in [0.2, 0.25) is 0 Å². The lowest BCUT2D eigenvalue weighted by Crippen LogP contribution is -2.05. The quantitative estimate of drug-likeness (QED) is 0.799. The smallest absolute Gasteiger partial charge is 0.135 e. The zero-order valence-electron chi connectivity index (χ0n) is 9.24. The molecular formula is C12H9Cl3N2O. The van der Waals surface area contributed by atoms with Crippen LogP contribution in [-0.4, -0.2) is 16.6 Å². The molecule has 0 bridgehead atoms. The van der Waals surface area contributed by atoms with E-state index in [1.807, 2.05) is 0 Å². The fourth-order valence-corrected chi connectivity index (χ4v) is 1.92. The molecule has 0 N–H and O–H groups in total. The van der Waals surface area contributed by atoms with Gasteiger partial charge >= 0.3 is 0 Å². The van der Waals surface area contributed by atoms with Crippen molar-refractivity contribution in [2.75, 3.05) is 6.61 Å². The minimum Gasteiger partial charge on any atom is -0.493 e.